The number of H-pyrrole nitrogens is 1. The van der Waals surface area contributed by atoms with Crippen molar-refractivity contribution in [3.8, 4) is 11.1 Å². The smallest absolute Gasteiger partial charge is 0.219 e. The largest absolute Gasteiger partial charge is 0.382 e. The first kappa shape index (κ1) is 13.7. The summed E-state index contributed by atoms with van der Waals surface area (Å²) in [4.78, 5) is 13.3. The van der Waals surface area contributed by atoms with E-state index in [0.29, 0.717) is 11.7 Å². The predicted octanol–water partition coefficient (Wildman–Crippen LogP) is 2.38. The Morgan fingerprint density at radius 1 is 1.29 bits per heavy atom. The molecule has 0 atom stereocenters. The average molecular weight is 284 g/mol. The number of nitrogens with zero attached hydrogens (tertiary/aromatic N) is 2. The zero-order valence-electron chi connectivity index (χ0n) is 12.2. The highest BCUT2D eigenvalue weighted by Gasteiger charge is 2.26. The van der Waals surface area contributed by atoms with Gasteiger partial charge in [0, 0.05) is 37.2 Å². The molecule has 1 aliphatic rings. The highest BCUT2D eigenvalue weighted by molar-refractivity contribution is 5.77. The van der Waals surface area contributed by atoms with Crippen molar-refractivity contribution in [3.05, 3.63) is 36.0 Å². The highest BCUT2D eigenvalue weighted by atomic mass is 16.2. The van der Waals surface area contributed by atoms with Gasteiger partial charge in [-0.2, -0.15) is 5.10 Å². The van der Waals surface area contributed by atoms with Crippen LogP contribution in [0.25, 0.3) is 11.1 Å². The first-order valence-corrected chi connectivity index (χ1v) is 7.31. The fourth-order valence-corrected chi connectivity index (χ4v) is 3.06. The van der Waals surface area contributed by atoms with Crippen LogP contribution < -0.4 is 5.73 Å². The molecule has 1 amide bonds. The van der Waals surface area contributed by atoms with Crippen LogP contribution >= 0.6 is 0 Å². The Balaban J connectivity index is 1.86. The number of anilines is 1. The molecular weight excluding hydrogens is 264 g/mol. The van der Waals surface area contributed by atoms with Crippen LogP contribution in [0, 0.1) is 0 Å². The number of hydrogen-bond acceptors (Lipinski definition) is 3. The molecule has 0 radical (unpaired) electrons. The number of nitrogen functional groups attached to an aromatic ring is 1. The molecule has 0 unspecified atom stereocenters. The third-order valence-corrected chi connectivity index (χ3v) is 4.23. The number of aromatic amines is 1. The Bertz CT molecular complexity index is 627. The third kappa shape index (κ3) is 2.63. The first-order chi connectivity index (χ1) is 10.2. The summed E-state index contributed by atoms with van der Waals surface area (Å²) in [5.41, 5.74) is 9.25. The first-order valence-electron chi connectivity index (χ1n) is 7.31. The van der Waals surface area contributed by atoms with Gasteiger partial charge in [0.1, 0.15) is 0 Å². The number of benzene rings is 1. The van der Waals surface area contributed by atoms with Gasteiger partial charge in [-0.05, 0) is 18.4 Å². The van der Waals surface area contributed by atoms with Gasteiger partial charge in [-0.15, -0.1) is 0 Å². The number of hydrogen-bond donors (Lipinski definition) is 2. The van der Waals surface area contributed by atoms with Crippen molar-refractivity contribution in [2.45, 2.75) is 25.7 Å². The molecular formula is C16H20N4O. The second-order valence-corrected chi connectivity index (χ2v) is 5.54. The normalized spacial score (nSPS) is 16.1. The fourth-order valence-electron chi connectivity index (χ4n) is 3.06. The van der Waals surface area contributed by atoms with E-state index in [9.17, 15) is 4.79 Å². The van der Waals surface area contributed by atoms with Crippen molar-refractivity contribution in [1.82, 2.24) is 15.1 Å². The van der Waals surface area contributed by atoms with Crippen LogP contribution in [-0.2, 0) is 4.79 Å². The summed E-state index contributed by atoms with van der Waals surface area (Å²) in [5.74, 6) is 1.08. The number of aromatic nitrogens is 2. The molecule has 0 saturated carbocycles. The number of carbonyl (C=O) groups excluding carboxylic acids is 1. The molecule has 2 heterocycles. The minimum Gasteiger partial charge on any atom is -0.382 e. The van der Waals surface area contributed by atoms with Crippen LogP contribution in [-0.4, -0.2) is 34.1 Å². The summed E-state index contributed by atoms with van der Waals surface area (Å²) in [6, 6.07) is 10.1. The summed E-state index contributed by atoms with van der Waals surface area (Å²) in [6.07, 6.45) is 1.89. The zero-order chi connectivity index (χ0) is 14.8. The van der Waals surface area contributed by atoms with Gasteiger partial charge in [-0.3, -0.25) is 9.89 Å². The Morgan fingerprint density at radius 3 is 2.57 bits per heavy atom. The fraction of sp³-hybridized carbons (Fsp3) is 0.375. The number of nitrogens with two attached hydrogens (primary N) is 1. The maximum absolute atomic E-state index is 11.4. The lowest BCUT2D eigenvalue weighted by atomic mass is 9.89. The number of amides is 1. The molecule has 1 aromatic carbocycles. The molecule has 1 aromatic heterocycles. The molecule has 21 heavy (non-hydrogen) atoms. The molecule has 3 rings (SSSR count). The highest BCUT2D eigenvalue weighted by Crippen LogP contribution is 2.36. The molecule has 0 spiro atoms. The van der Waals surface area contributed by atoms with E-state index < -0.39 is 0 Å². The molecule has 1 aliphatic heterocycles. The zero-order valence-corrected chi connectivity index (χ0v) is 12.2. The van der Waals surface area contributed by atoms with Crippen molar-refractivity contribution in [2.24, 2.45) is 0 Å². The summed E-state index contributed by atoms with van der Waals surface area (Å²) in [7, 11) is 0. The number of piperidine rings is 1. The van der Waals surface area contributed by atoms with Crippen molar-refractivity contribution in [2.75, 3.05) is 18.8 Å². The van der Waals surface area contributed by atoms with Crippen LogP contribution in [0.2, 0.25) is 0 Å². The molecule has 3 N–H and O–H groups in total. The molecule has 5 heteroatoms. The van der Waals surface area contributed by atoms with E-state index in [0.717, 1.165) is 42.8 Å². The predicted molar refractivity (Wildman–Crippen MR) is 82.7 cm³/mol. The van der Waals surface area contributed by atoms with Crippen LogP contribution in [0.3, 0.4) is 0 Å². The monoisotopic (exact) mass is 284 g/mol. The second kappa shape index (κ2) is 5.60. The minimum absolute atomic E-state index is 0.154. The van der Waals surface area contributed by atoms with Crippen LogP contribution in [0.1, 0.15) is 31.4 Å². The lowest BCUT2D eigenvalue weighted by Gasteiger charge is -2.31. The molecule has 1 fully saturated rings. The van der Waals surface area contributed by atoms with Gasteiger partial charge in [-0.25, -0.2) is 0 Å². The van der Waals surface area contributed by atoms with Gasteiger partial charge >= 0.3 is 0 Å². The number of nitrogens with one attached hydrogen (secondary N) is 1. The Labute approximate surface area is 124 Å². The second-order valence-electron chi connectivity index (χ2n) is 5.54. The number of likely N-dealkylation sites (tertiary alicyclic amines) is 1. The van der Waals surface area contributed by atoms with Crippen molar-refractivity contribution < 1.29 is 4.79 Å². The molecule has 0 aliphatic carbocycles. The lowest BCUT2D eigenvalue weighted by molar-refractivity contribution is -0.129. The van der Waals surface area contributed by atoms with E-state index in [2.05, 4.69) is 22.3 Å². The van der Waals surface area contributed by atoms with Crippen LogP contribution in [0.15, 0.2) is 30.3 Å². The van der Waals surface area contributed by atoms with Crippen molar-refractivity contribution in [1.29, 1.82) is 0 Å². The Hall–Kier alpha value is -2.30. The summed E-state index contributed by atoms with van der Waals surface area (Å²) >= 11 is 0. The Kier molecular flexibility index (Phi) is 3.64. The SMILES string of the molecule is CC(=O)N1CCC(c2[nH]nc(N)c2-c2ccccc2)CC1. The lowest BCUT2D eigenvalue weighted by Crippen LogP contribution is -2.36. The van der Waals surface area contributed by atoms with Gasteiger partial charge in [0.05, 0.1) is 0 Å². The van der Waals surface area contributed by atoms with Gasteiger partial charge in [-0.1, -0.05) is 30.3 Å². The standard InChI is InChI=1S/C16H20N4O/c1-11(21)20-9-7-13(8-10-20)15-14(16(17)19-18-15)12-5-3-2-4-6-12/h2-6,13H,7-10H2,1H3,(H3,17,18,19). The molecule has 110 valence electrons. The molecule has 1 saturated heterocycles. The quantitative estimate of drug-likeness (QED) is 0.889. The minimum atomic E-state index is 0.154. The van der Waals surface area contributed by atoms with Gasteiger partial charge in [0.2, 0.25) is 5.91 Å². The summed E-state index contributed by atoms with van der Waals surface area (Å²) in [6.45, 7) is 3.23. The summed E-state index contributed by atoms with van der Waals surface area (Å²) < 4.78 is 0. The molecule has 5 nitrogen and oxygen atoms in total. The van der Waals surface area contributed by atoms with Crippen molar-refractivity contribution >= 4 is 11.7 Å². The van der Waals surface area contributed by atoms with Crippen molar-refractivity contribution in [3.63, 3.8) is 0 Å². The third-order valence-electron chi connectivity index (χ3n) is 4.23. The number of rotatable bonds is 2. The van der Waals surface area contributed by atoms with Gasteiger partial charge in [0.25, 0.3) is 0 Å². The van der Waals surface area contributed by atoms with E-state index in [1.165, 1.54) is 0 Å². The molecule has 2 aromatic rings. The van der Waals surface area contributed by atoms with E-state index in [-0.39, 0.29) is 5.91 Å². The maximum atomic E-state index is 11.4. The van der Waals surface area contributed by atoms with E-state index in [1.54, 1.807) is 6.92 Å². The summed E-state index contributed by atoms with van der Waals surface area (Å²) in [5, 5.41) is 7.30. The average Bonchev–Trinajstić information content (AvgIpc) is 2.90. The van der Waals surface area contributed by atoms with E-state index in [1.807, 2.05) is 23.1 Å². The van der Waals surface area contributed by atoms with Gasteiger partial charge < -0.3 is 10.6 Å². The Morgan fingerprint density at radius 2 is 1.95 bits per heavy atom. The molecule has 0 bridgehead atoms. The van der Waals surface area contributed by atoms with Crippen LogP contribution in [0.5, 0.6) is 0 Å². The van der Waals surface area contributed by atoms with Gasteiger partial charge in [0.15, 0.2) is 5.82 Å². The maximum Gasteiger partial charge on any atom is 0.219 e. The van der Waals surface area contributed by atoms with Crippen LogP contribution in [0.4, 0.5) is 5.82 Å². The van der Waals surface area contributed by atoms with E-state index >= 15 is 0 Å². The topological polar surface area (TPSA) is 75.0 Å². The van der Waals surface area contributed by atoms with E-state index in [4.69, 9.17) is 5.73 Å². The number of carbonyl (C=O) groups is 1.